The lowest BCUT2D eigenvalue weighted by Gasteiger charge is -2.07. The molecule has 3 aromatic carbocycles. The van der Waals surface area contributed by atoms with Gasteiger partial charge < -0.3 is 9.72 Å². The Kier molecular flexibility index (Phi) is 5.12. The van der Waals surface area contributed by atoms with E-state index < -0.39 is 0 Å². The largest absolute Gasteiger partial charge is 0.489 e. The van der Waals surface area contributed by atoms with E-state index in [0.717, 1.165) is 16.9 Å². The topological polar surface area (TPSA) is 59.4 Å². The Morgan fingerprint density at radius 3 is 2.64 bits per heavy atom. The van der Waals surface area contributed by atoms with E-state index >= 15 is 0 Å². The third kappa shape index (κ3) is 3.92. The molecule has 1 aromatic heterocycles. The quantitative estimate of drug-likeness (QED) is 0.405. The van der Waals surface area contributed by atoms with Crippen LogP contribution in [0.25, 0.3) is 10.9 Å². The van der Waals surface area contributed by atoms with Crippen molar-refractivity contribution in [2.75, 3.05) is 0 Å². The minimum atomic E-state index is -0.257. The molecule has 28 heavy (non-hydrogen) atoms. The van der Waals surface area contributed by atoms with E-state index in [-0.39, 0.29) is 10.3 Å². The Morgan fingerprint density at radius 2 is 1.79 bits per heavy atom. The Hall–Kier alpha value is -3.51. The van der Waals surface area contributed by atoms with Crippen molar-refractivity contribution in [1.29, 1.82) is 0 Å². The lowest BCUT2D eigenvalue weighted by atomic mass is 10.2. The maximum Gasteiger partial charge on any atom is 0.282 e. The van der Waals surface area contributed by atoms with Gasteiger partial charge in [-0.25, -0.2) is 0 Å². The number of nitrogens with one attached hydrogen (secondary N) is 1. The zero-order valence-electron chi connectivity index (χ0n) is 14.9. The molecular weight excluding hydrogens is 370 g/mol. The zero-order valence-corrected chi connectivity index (χ0v) is 15.7. The molecule has 5 nitrogen and oxygen atoms in total. The first-order valence-corrected chi connectivity index (χ1v) is 9.17. The Balaban J connectivity index is 1.58. The summed E-state index contributed by atoms with van der Waals surface area (Å²) in [5, 5.41) is 4.81. The van der Waals surface area contributed by atoms with Crippen LogP contribution in [0.4, 0.5) is 0 Å². The van der Waals surface area contributed by atoms with Crippen molar-refractivity contribution in [3.05, 3.63) is 105 Å². The smallest absolute Gasteiger partial charge is 0.282 e. The van der Waals surface area contributed by atoms with Crippen LogP contribution in [0.1, 0.15) is 11.1 Å². The molecule has 1 heterocycles. The molecule has 0 bridgehead atoms. The van der Waals surface area contributed by atoms with Gasteiger partial charge in [-0.1, -0.05) is 54.6 Å². The molecule has 0 fully saturated rings. The summed E-state index contributed by atoms with van der Waals surface area (Å²) >= 11 is 5.27. The lowest BCUT2D eigenvalue weighted by molar-refractivity contribution is 0.306. The van der Waals surface area contributed by atoms with Gasteiger partial charge in [-0.2, -0.15) is 9.78 Å². The van der Waals surface area contributed by atoms with Crippen molar-refractivity contribution in [2.45, 2.75) is 6.61 Å². The third-order valence-electron chi connectivity index (χ3n) is 4.21. The highest BCUT2D eigenvalue weighted by atomic mass is 32.1. The second-order valence-corrected chi connectivity index (χ2v) is 6.57. The second kappa shape index (κ2) is 8.02. The van der Waals surface area contributed by atoms with Crippen molar-refractivity contribution in [1.82, 2.24) is 9.66 Å². The number of benzene rings is 3. The number of hydrogen-bond acceptors (Lipinski definition) is 4. The fraction of sp³-hybridized carbons (Fsp3) is 0.0455. The number of rotatable bonds is 5. The molecule has 0 amide bonds. The van der Waals surface area contributed by atoms with Crippen molar-refractivity contribution in [3.8, 4) is 5.75 Å². The molecule has 0 unspecified atom stereocenters. The number of aromatic nitrogens is 2. The van der Waals surface area contributed by atoms with Crippen LogP contribution < -0.4 is 10.3 Å². The summed E-state index contributed by atoms with van der Waals surface area (Å²) in [6, 6.07) is 24.7. The van der Waals surface area contributed by atoms with Gasteiger partial charge in [0.2, 0.25) is 4.77 Å². The third-order valence-corrected chi connectivity index (χ3v) is 4.49. The van der Waals surface area contributed by atoms with E-state index in [1.807, 2.05) is 72.8 Å². The molecule has 0 atom stereocenters. The van der Waals surface area contributed by atoms with Gasteiger partial charge in [-0.15, -0.1) is 0 Å². The first kappa shape index (κ1) is 17.9. The van der Waals surface area contributed by atoms with Crippen LogP contribution in [0.3, 0.4) is 0 Å². The average molecular weight is 387 g/mol. The van der Waals surface area contributed by atoms with Gasteiger partial charge in [0.05, 0.1) is 17.1 Å². The predicted octanol–water partition coefficient (Wildman–Crippen LogP) is 4.52. The first-order chi connectivity index (χ1) is 13.7. The molecular formula is C22H17N3O2S. The highest BCUT2D eigenvalue weighted by Crippen LogP contribution is 2.14. The minimum absolute atomic E-state index is 0.247. The van der Waals surface area contributed by atoms with Crippen LogP contribution in [-0.2, 0) is 6.61 Å². The van der Waals surface area contributed by atoms with Crippen LogP contribution in [0.2, 0.25) is 0 Å². The molecule has 4 aromatic rings. The van der Waals surface area contributed by atoms with Gasteiger partial charge in [0, 0.05) is 0 Å². The summed E-state index contributed by atoms with van der Waals surface area (Å²) in [5.41, 5.74) is 2.34. The molecule has 0 aliphatic heterocycles. The molecule has 0 radical (unpaired) electrons. The van der Waals surface area contributed by atoms with Gasteiger partial charge in [-0.3, -0.25) is 4.79 Å². The fourth-order valence-electron chi connectivity index (χ4n) is 2.81. The van der Waals surface area contributed by atoms with E-state index in [9.17, 15) is 4.79 Å². The minimum Gasteiger partial charge on any atom is -0.489 e. The number of nitrogens with zero attached hydrogens (tertiary/aromatic N) is 2. The molecule has 138 valence electrons. The van der Waals surface area contributed by atoms with Gasteiger partial charge in [0.25, 0.3) is 5.56 Å². The number of hydrogen-bond donors (Lipinski definition) is 1. The predicted molar refractivity (Wildman–Crippen MR) is 114 cm³/mol. The normalized spacial score (nSPS) is 11.1. The SMILES string of the molecule is O=c1c2ccccc2[nH]c(=S)n1/N=C\c1cccc(OCc2ccccc2)c1. The maximum absolute atomic E-state index is 12.6. The number of fused-ring (bicyclic) bond motifs is 1. The molecule has 0 spiro atoms. The summed E-state index contributed by atoms with van der Waals surface area (Å²) < 4.78 is 7.27. The number of ether oxygens (including phenoxy) is 1. The van der Waals surface area contributed by atoms with Crippen molar-refractivity contribution >= 4 is 29.3 Å². The van der Waals surface area contributed by atoms with E-state index in [2.05, 4.69) is 10.1 Å². The van der Waals surface area contributed by atoms with E-state index in [0.29, 0.717) is 17.5 Å². The van der Waals surface area contributed by atoms with Crippen LogP contribution in [0.5, 0.6) is 5.75 Å². The van der Waals surface area contributed by atoms with E-state index in [1.54, 1.807) is 12.3 Å². The van der Waals surface area contributed by atoms with Gasteiger partial charge in [-0.05, 0) is 47.6 Å². The van der Waals surface area contributed by atoms with Crippen LogP contribution >= 0.6 is 12.2 Å². The fourth-order valence-corrected chi connectivity index (χ4v) is 3.05. The van der Waals surface area contributed by atoms with Gasteiger partial charge in [0.1, 0.15) is 12.4 Å². The molecule has 0 aliphatic rings. The zero-order chi connectivity index (χ0) is 19.3. The average Bonchev–Trinajstić information content (AvgIpc) is 2.73. The summed E-state index contributed by atoms with van der Waals surface area (Å²) in [5.74, 6) is 0.726. The number of aromatic amines is 1. The van der Waals surface area contributed by atoms with Crippen molar-refractivity contribution in [2.24, 2.45) is 5.10 Å². The van der Waals surface area contributed by atoms with Crippen LogP contribution in [0, 0.1) is 4.77 Å². The maximum atomic E-state index is 12.6. The molecule has 4 rings (SSSR count). The molecule has 0 saturated heterocycles. The highest BCUT2D eigenvalue weighted by molar-refractivity contribution is 7.71. The summed E-state index contributed by atoms with van der Waals surface area (Å²) in [6.07, 6.45) is 1.59. The van der Waals surface area contributed by atoms with E-state index in [1.165, 1.54) is 4.68 Å². The van der Waals surface area contributed by atoms with Gasteiger partial charge >= 0.3 is 0 Å². The Morgan fingerprint density at radius 1 is 1.00 bits per heavy atom. The molecule has 0 aliphatic carbocycles. The summed E-state index contributed by atoms with van der Waals surface area (Å²) in [6.45, 7) is 0.483. The second-order valence-electron chi connectivity index (χ2n) is 6.18. The van der Waals surface area contributed by atoms with Crippen molar-refractivity contribution < 1.29 is 4.74 Å². The Labute approximate surface area is 166 Å². The summed E-state index contributed by atoms with van der Waals surface area (Å²) in [7, 11) is 0. The van der Waals surface area contributed by atoms with E-state index in [4.69, 9.17) is 17.0 Å². The van der Waals surface area contributed by atoms with Crippen LogP contribution in [-0.4, -0.2) is 15.9 Å². The van der Waals surface area contributed by atoms with Crippen LogP contribution in [0.15, 0.2) is 88.8 Å². The highest BCUT2D eigenvalue weighted by Gasteiger charge is 2.04. The monoisotopic (exact) mass is 387 g/mol. The number of para-hydroxylation sites is 1. The van der Waals surface area contributed by atoms with Crippen molar-refractivity contribution in [3.63, 3.8) is 0 Å². The number of H-pyrrole nitrogens is 1. The Bertz CT molecular complexity index is 1260. The first-order valence-electron chi connectivity index (χ1n) is 8.76. The standard InChI is InChI=1S/C22H17N3O2S/c26-21-19-11-4-5-12-20(19)24-22(28)25(21)23-14-17-9-6-10-18(13-17)27-15-16-7-2-1-3-8-16/h1-14H,15H2,(H,24,28)/b23-14-. The molecule has 6 heteroatoms. The molecule has 0 saturated carbocycles. The summed E-state index contributed by atoms with van der Waals surface area (Å²) in [4.78, 5) is 15.7. The van der Waals surface area contributed by atoms with Gasteiger partial charge in [0.15, 0.2) is 0 Å². The lowest BCUT2D eigenvalue weighted by Crippen LogP contribution is -2.18. The molecule has 1 N–H and O–H groups in total.